The van der Waals surface area contributed by atoms with Gasteiger partial charge in [-0.05, 0) is 84.7 Å². The number of hydrogen-bond acceptors (Lipinski definition) is 3. The minimum Gasteiger partial charge on any atom is -0.444 e. The van der Waals surface area contributed by atoms with Crippen LogP contribution in [0.1, 0.15) is 45.5 Å². The van der Waals surface area contributed by atoms with Crippen molar-refractivity contribution in [1.82, 2.24) is 14.5 Å². The van der Waals surface area contributed by atoms with Crippen LogP contribution in [-0.2, 0) is 11.3 Å². The van der Waals surface area contributed by atoms with Crippen molar-refractivity contribution >= 4 is 51.3 Å². The second-order valence-electron chi connectivity index (χ2n) is 6.66. The third-order valence-electron chi connectivity index (χ3n) is 3.76. The Morgan fingerprint density at radius 2 is 1.95 bits per heavy atom. The summed E-state index contributed by atoms with van der Waals surface area (Å²) in [6.45, 7) is 7.23. The van der Waals surface area contributed by atoms with Crippen molar-refractivity contribution in [3.8, 4) is 0 Å². The molecule has 5 nitrogen and oxygen atoms in total. The molecule has 1 unspecified atom stereocenters. The summed E-state index contributed by atoms with van der Waals surface area (Å²) in [5, 5.41) is 0. The number of hydrogen-bond donors (Lipinski definition) is 0. The molecule has 1 aromatic heterocycles. The molecule has 7 heteroatoms. The number of carbonyl (C=O) groups is 1. The van der Waals surface area contributed by atoms with Crippen LogP contribution in [0.4, 0.5) is 4.79 Å². The number of fused-ring (bicyclic) bond motifs is 1. The maximum Gasteiger partial charge on any atom is 0.410 e. The molecule has 0 bridgehead atoms. The predicted octanol–water partition coefficient (Wildman–Crippen LogP) is 3.79. The molecule has 1 aromatic rings. The number of rotatable bonds is 1. The van der Waals surface area contributed by atoms with E-state index < -0.39 is 5.60 Å². The van der Waals surface area contributed by atoms with Crippen LogP contribution < -0.4 is 0 Å². The van der Waals surface area contributed by atoms with Crippen LogP contribution >= 0.6 is 45.2 Å². The molecule has 0 N–H and O–H groups in total. The average molecular weight is 515 g/mol. The van der Waals surface area contributed by atoms with Gasteiger partial charge in [-0.1, -0.05) is 0 Å². The van der Waals surface area contributed by atoms with Crippen LogP contribution in [0.15, 0.2) is 0 Å². The van der Waals surface area contributed by atoms with Gasteiger partial charge in [0.2, 0.25) is 0 Å². The van der Waals surface area contributed by atoms with Gasteiger partial charge in [-0.2, -0.15) is 0 Å². The van der Waals surface area contributed by atoms with Crippen LogP contribution in [0.5, 0.6) is 0 Å². The van der Waals surface area contributed by atoms with E-state index in [4.69, 9.17) is 9.72 Å². The molecule has 2 aliphatic rings. The van der Waals surface area contributed by atoms with Gasteiger partial charge in [-0.25, -0.2) is 9.78 Å². The van der Waals surface area contributed by atoms with Gasteiger partial charge < -0.3 is 9.30 Å². The van der Waals surface area contributed by atoms with E-state index in [2.05, 4.69) is 49.7 Å². The van der Waals surface area contributed by atoms with Crippen LogP contribution in [0, 0.1) is 13.3 Å². The highest BCUT2D eigenvalue weighted by Gasteiger charge is 2.45. The van der Waals surface area contributed by atoms with E-state index >= 15 is 0 Å². The Balaban J connectivity index is 1.91. The molecule has 1 aliphatic heterocycles. The molecule has 1 amide bonds. The van der Waals surface area contributed by atoms with Crippen molar-refractivity contribution in [3.63, 3.8) is 0 Å². The summed E-state index contributed by atoms with van der Waals surface area (Å²) in [6.07, 6.45) is 2.13. The lowest BCUT2D eigenvalue weighted by Gasteiger charge is -2.37. The Kier molecular flexibility index (Phi) is 4.17. The third-order valence-corrected chi connectivity index (χ3v) is 6.64. The zero-order valence-corrected chi connectivity index (χ0v) is 16.7. The first-order valence-corrected chi connectivity index (χ1v) is 9.35. The van der Waals surface area contributed by atoms with Gasteiger partial charge >= 0.3 is 6.09 Å². The molecular weight excluding hydrogens is 496 g/mol. The maximum atomic E-state index is 12.5. The van der Waals surface area contributed by atoms with Crippen LogP contribution in [-0.4, -0.2) is 32.7 Å². The first-order chi connectivity index (χ1) is 9.78. The summed E-state index contributed by atoms with van der Waals surface area (Å²) in [6, 6.07) is 0.0747. The lowest BCUT2D eigenvalue weighted by molar-refractivity contribution is 0.00695. The summed E-state index contributed by atoms with van der Waals surface area (Å²) in [5.41, 5.74) is -0.457. The summed E-state index contributed by atoms with van der Waals surface area (Å²) in [7, 11) is 0. The van der Waals surface area contributed by atoms with Crippen LogP contribution in [0.3, 0.4) is 0 Å². The number of nitrogens with zero attached hydrogens (tertiary/aromatic N) is 3. The minimum absolute atomic E-state index is 0.0747. The fourth-order valence-electron chi connectivity index (χ4n) is 2.75. The monoisotopic (exact) mass is 515 g/mol. The van der Waals surface area contributed by atoms with E-state index in [1.54, 1.807) is 0 Å². The fraction of sp³-hybridized carbons (Fsp3) is 0.714. The number of halogens is 2. The Morgan fingerprint density at radius 3 is 2.52 bits per heavy atom. The van der Waals surface area contributed by atoms with Crippen molar-refractivity contribution in [2.45, 2.75) is 51.8 Å². The molecule has 2 heterocycles. The first kappa shape index (κ1) is 15.8. The molecule has 1 atom stereocenters. The number of imidazole rings is 1. The summed E-state index contributed by atoms with van der Waals surface area (Å²) < 4.78 is 10.0. The van der Waals surface area contributed by atoms with Gasteiger partial charge in [0.25, 0.3) is 0 Å². The van der Waals surface area contributed by atoms with Gasteiger partial charge in [-0.3, -0.25) is 4.90 Å². The highest BCUT2D eigenvalue weighted by Crippen LogP contribution is 2.46. The van der Waals surface area contributed by atoms with Gasteiger partial charge in [0.05, 0.1) is 6.04 Å². The molecule has 0 saturated heterocycles. The normalized spacial score (nSPS) is 22.1. The van der Waals surface area contributed by atoms with E-state index in [1.165, 1.54) is 16.5 Å². The molecule has 0 aromatic carbocycles. The van der Waals surface area contributed by atoms with Gasteiger partial charge in [0.15, 0.2) is 0 Å². The number of aromatic nitrogens is 2. The van der Waals surface area contributed by atoms with Crippen molar-refractivity contribution in [2.24, 2.45) is 5.92 Å². The van der Waals surface area contributed by atoms with Crippen LogP contribution in [0.25, 0.3) is 0 Å². The molecule has 1 aliphatic carbocycles. The van der Waals surface area contributed by atoms with E-state index in [-0.39, 0.29) is 12.1 Å². The Hall–Kier alpha value is -0.0600. The van der Waals surface area contributed by atoms with E-state index in [9.17, 15) is 4.79 Å². The summed E-state index contributed by atoms with van der Waals surface area (Å²) in [5.74, 6) is 1.56. The maximum absolute atomic E-state index is 12.5. The van der Waals surface area contributed by atoms with E-state index in [1.807, 2.05) is 25.7 Å². The van der Waals surface area contributed by atoms with Gasteiger partial charge in [-0.15, -0.1) is 0 Å². The van der Waals surface area contributed by atoms with Crippen LogP contribution in [0.2, 0.25) is 0 Å². The molecule has 1 saturated carbocycles. The standard InChI is InChI=1S/C14H19I2N3O2/c1-14(2,3)21-13(20)18-6-7-19-11(16)10(15)17-12(19)9(18)8-4-5-8/h8-9H,4-7H2,1-3H3. The molecule has 3 rings (SSSR count). The van der Waals surface area contributed by atoms with Gasteiger partial charge in [0, 0.05) is 13.1 Å². The molecule has 0 spiro atoms. The third kappa shape index (κ3) is 3.18. The molecule has 21 heavy (non-hydrogen) atoms. The highest BCUT2D eigenvalue weighted by atomic mass is 127. The summed E-state index contributed by atoms with van der Waals surface area (Å²) >= 11 is 4.61. The van der Waals surface area contributed by atoms with E-state index in [0.717, 1.165) is 16.1 Å². The molecule has 116 valence electrons. The summed E-state index contributed by atoms with van der Waals surface area (Å²) in [4.78, 5) is 19.1. The second-order valence-corrected chi connectivity index (χ2v) is 8.70. The number of amides is 1. The lowest BCUT2D eigenvalue weighted by Crippen LogP contribution is -2.45. The second kappa shape index (κ2) is 5.54. The van der Waals surface area contributed by atoms with E-state index in [0.29, 0.717) is 12.5 Å². The highest BCUT2D eigenvalue weighted by molar-refractivity contribution is 14.1. The predicted molar refractivity (Wildman–Crippen MR) is 96.1 cm³/mol. The zero-order chi connectivity index (χ0) is 15.4. The lowest BCUT2D eigenvalue weighted by atomic mass is 10.1. The SMILES string of the molecule is CC(C)(C)OC(=O)N1CCn2c(nc(I)c2I)C1C1CC1. The minimum atomic E-state index is -0.457. The largest absolute Gasteiger partial charge is 0.444 e. The smallest absolute Gasteiger partial charge is 0.410 e. The quantitative estimate of drug-likeness (QED) is 0.536. The number of ether oxygens (including phenoxy) is 1. The molecule has 0 radical (unpaired) electrons. The molecular formula is C14H19I2N3O2. The Bertz CT molecular complexity index is 576. The zero-order valence-electron chi connectivity index (χ0n) is 12.4. The fourth-order valence-corrected chi connectivity index (χ4v) is 3.89. The van der Waals surface area contributed by atoms with Crippen molar-refractivity contribution in [2.75, 3.05) is 6.54 Å². The molecule has 1 fully saturated rings. The first-order valence-electron chi connectivity index (χ1n) is 7.19. The Morgan fingerprint density at radius 1 is 1.29 bits per heavy atom. The topological polar surface area (TPSA) is 47.4 Å². The Labute approximate surface area is 152 Å². The number of carbonyl (C=O) groups excluding carboxylic acids is 1. The van der Waals surface area contributed by atoms with Gasteiger partial charge in [0.1, 0.15) is 18.8 Å². The van der Waals surface area contributed by atoms with Crippen molar-refractivity contribution in [3.05, 3.63) is 13.2 Å². The van der Waals surface area contributed by atoms with Crippen molar-refractivity contribution in [1.29, 1.82) is 0 Å². The average Bonchev–Trinajstić information content (AvgIpc) is 3.15. The van der Waals surface area contributed by atoms with Crippen molar-refractivity contribution < 1.29 is 9.53 Å².